The first kappa shape index (κ1) is 11.1. The first-order valence-corrected chi connectivity index (χ1v) is 4.91. The summed E-state index contributed by atoms with van der Waals surface area (Å²) in [5.41, 5.74) is 0.631. The van der Waals surface area contributed by atoms with Crippen molar-refractivity contribution in [3.8, 4) is 0 Å². The molecule has 0 aliphatic heterocycles. The molecule has 1 aromatic carbocycles. The van der Waals surface area contributed by atoms with E-state index >= 15 is 0 Å². The van der Waals surface area contributed by atoms with Gasteiger partial charge in [-0.15, -0.1) is 0 Å². The van der Waals surface area contributed by atoms with E-state index in [1.54, 1.807) is 31.3 Å². The highest BCUT2D eigenvalue weighted by molar-refractivity contribution is 7.80. The molecular formula is C10H10ClNOS. The maximum absolute atomic E-state index is 11.6. The molecule has 0 unspecified atom stereocenters. The minimum atomic E-state index is 0.000941. The van der Waals surface area contributed by atoms with Crippen LogP contribution in [0.2, 0.25) is 5.02 Å². The van der Waals surface area contributed by atoms with Crippen LogP contribution >= 0.6 is 23.8 Å². The normalized spacial score (nSPS) is 9.57. The third kappa shape index (κ3) is 3.09. The zero-order chi connectivity index (χ0) is 10.6. The number of benzene rings is 1. The zero-order valence-corrected chi connectivity index (χ0v) is 9.28. The Balaban J connectivity index is 2.70. The predicted molar refractivity (Wildman–Crippen MR) is 62.1 cm³/mol. The van der Waals surface area contributed by atoms with Gasteiger partial charge in [-0.1, -0.05) is 23.8 Å². The van der Waals surface area contributed by atoms with Gasteiger partial charge in [0, 0.05) is 17.6 Å². The Morgan fingerprint density at radius 2 is 2.00 bits per heavy atom. The van der Waals surface area contributed by atoms with E-state index in [0.717, 1.165) is 0 Å². The Labute approximate surface area is 93.3 Å². The van der Waals surface area contributed by atoms with Gasteiger partial charge in [-0.3, -0.25) is 4.79 Å². The van der Waals surface area contributed by atoms with Gasteiger partial charge in [0.05, 0.1) is 11.4 Å². The number of nitrogens with one attached hydrogen (secondary N) is 1. The number of ketones is 1. The minimum Gasteiger partial charge on any atom is -0.382 e. The largest absolute Gasteiger partial charge is 0.382 e. The molecule has 0 radical (unpaired) electrons. The summed E-state index contributed by atoms with van der Waals surface area (Å²) in [6.07, 6.45) is 0.244. The smallest absolute Gasteiger partial charge is 0.169 e. The molecule has 1 N–H and O–H groups in total. The lowest BCUT2D eigenvalue weighted by atomic mass is 10.1. The van der Waals surface area contributed by atoms with E-state index in [4.69, 9.17) is 23.8 Å². The van der Waals surface area contributed by atoms with Crippen LogP contribution in [-0.4, -0.2) is 17.8 Å². The van der Waals surface area contributed by atoms with Gasteiger partial charge < -0.3 is 5.32 Å². The van der Waals surface area contributed by atoms with E-state index in [1.165, 1.54) is 0 Å². The van der Waals surface area contributed by atoms with Crippen molar-refractivity contribution in [2.75, 3.05) is 7.05 Å². The lowest BCUT2D eigenvalue weighted by Crippen LogP contribution is -2.19. The summed E-state index contributed by atoms with van der Waals surface area (Å²) in [6.45, 7) is 0. The summed E-state index contributed by atoms with van der Waals surface area (Å²) >= 11 is 10.6. The Morgan fingerprint density at radius 3 is 2.50 bits per heavy atom. The van der Waals surface area contributed by atoms with Crippen molar-refractivity contribution in [3.05, 3.63) is 34.9 Å². The van der Waals surface area contributed by atoms with Crippen LogP contribution in [0.15, 0.2) is 24.3 Å². The Hall–Kier alpha value is -0.930. The predicted octanol–water partition coefficient (Wildman–Crippen LogP) is 2.46. The number of hydrogen-bond donors (Lipinski definition) is 1. The molecule has 0 aliphatic rings. The Bertz CT molecular complexity index is 348. The molecule has 0 atom stereocenters. The summed E-state index contributed by atoms with van der Waals surface area (Å²) in [4.78, 5) is 12.1. The molecule has 14 heavy (non-hydrogen) atoms. The summed E-state index contributed by atoms with van der Waals surface area (Å²) in [7, 11) is 1.71. The second kappa shape index (κ2) is 5.08. The standard InChI is InChI=1S/C10H10ClNOS/c1-12-10(14)6-9(13)7-2-4-8(11)5-3-7/h2-5H,6H2,1H3,(H,12,14). The van der Waals surface area contributed by atoms with E-state index in [1.807, 2.05) is 0 Å². The fraction of sp³-hybridized carbons (Fsp3) is 0.200. The number of thiocarbonyl (C=S) groups is 1. The number of rotatable bonds is 3. The fourth-order valence-electron chi connectivity index (χ4n) is 0.972. The van der Waals surface area contributed by atoms with Crippen molar-refractivity contribution in [2.24, 2.45) is 0 Å². The second-order valence-corrected chi connectivity index (χ2v) is 3.71. The van der Waals surface area contributed by atoms with Crippen molar-refractivity contribution >= 4 is 34.6 Å². The average Bonchev–Trinajstić information content (AvgIpc) is 2.18. The van der Waals surface area contributed by atoms with Crippen LogP contribution in [0.3, 0.4) is 0 Å². The van der Waals surface area contributed by atoms with Crippen molar-refractivity contribution < 1.29 is 4.79 Å². The Kier molecular flexibility index (Phi) is 4.04. The van der Waals surface area contributed by atoms with E-state index in [0.29, 0.717) is 15.6 Å². The first-order valence-electron chi connectivity index (χ1n) is 4.13. The highest BCUT2D eigenvalue weighted by Crippen LogP contribution is 2.11. The van der Waals surface area contributed by atoms with Crippen LogP contribution in [0.25, 0.3) is 0 Å². The highest BCUT2D eigenvalue weighted by Gasteiger charge is 2.07. The van der Waals surface area contributed by atoms with Crippen molar-refractivity contribution in [3.63, 3.8) is 0 Å². The third-order valence-corrected chi connectivity index (χ3v) is 2.37. The van der Waals surface area contributed by atoms with Crippen molar-refractivity contribution in [1.82, 2.24) is 5.32 Å². The van der Waals surface area contributed by atoms with Crippen LogP contribution in [-0.2, 0) is 0 Å². The fourth-order valence-corrected chi connectivity index (χ4v) is 1.23. The molecule has 0 aromatic heterocycles. The molecule has 0 spiro atoms. The van der Waals surface area contributed by atoms with Crippen LogP contribution < -0.4 is 5.32 Å². The topological polar surface area (TPSA) is 29.1 Å². The summed E-state index contributed by atoms with van der Waals surface area (Å²) in [6, 6.07) is 6.78. The first-order chi connectivity index (χ1) is 6.63. The molecule has 0 aliphatic carbocycles. The van der Waals surface area contributed by atoms with Crippen molar-refractivity contribution in [1.29, 1.82) is 0 Å². The monoisotopic (exact) mass is 227 g/mol. The van der Waals surface area contributed by atoms with E-state index in [9.17, 15) is 4.79 Å². The number of Topliss-reactive ketones (excluding diaryl/α,β-unsaturated/α-hetero) is 1. The van der Waals surface area contributed by atoms with Gasteiger partial charge in [0.25, 0.3) is 0 Å². The number of hydrogen-bond acceptors (Lipinski definition) is 2. The van der Waals surface area contributed by atoms with Crippen LogP contribution in [0.1, 0.15) is 16.8 Å². The van der Waals surface area contributed by atoms with Crippen LogP contribution in [0.5, 0.6) is 0 Å². The molecule has 0 heterocycles. The molecule has 74 valence electrons. The van der Waals surface area contributed by atoms with Gasteiger partial charge in [0.2, 0.25) is 0 Å². The number of carbonyl (C=O) groups excluding carboxylic acids is 1. The molecule has 0 saturated carbocycles. The molecule has 2 nitrogen and oxygen atoms in total. The van der Waals surface area contributed by atoms with Gasteiger partial charge in [-0.2, -0.15) is 0 Å². The third-order valence-electron chi connectivity index (χ3n) is 1.77. The Morgan fingerprint density at radius 1 is 1.43 bits per heavy atom. The van der Waals surface area contributed by atoms with Gasteiger partial charge in [0.15, 0.2) is 5.78 Å². The van der Waals surface area contributed by atoms with Gasteiger partial charge in [0.1, 0.15) is 0 Å². The van der Waals surface area contributed by atoms with E-state index in [2.05, 4.69) is 5.32 Å². The number of halogens is 1. The molecular weight excluding hydrogens is 218 g/mol. The lowest BCUT2D eigenvalue weighted by Gasteiger charge is -2.02. The molecule has 0 bridgehead atoms. The summed E-state index contributed by atoms with van der Waals surface area (Å²) in [5.74, 6) is 0.000941. The molecule has 4 heteroatoms. The lowest BCUT2D eigenvalue weighted by molar-refractivity contribution is 0.100. The van der Waals surface area contributed by atoms with Gasteiger partial charge in [-0.25, -0.2) is 0 Å². The SMILES string of the molecule is CNC(=S)CC(=O)c1ccc(Cl)cc1. The highest BCUT2D eigenvalue weighted by atomic mass is 35.5. The van der Waals surface area contributed by atoms with Crippen molar-refractivity contribution in [2.45, 2.75) is 6.42 Å². The second-order valence-electron chi connectivity index (χ2n) is 2.78. The molecule has 0 saturated heterocycles. The molecule has 0 amide bonds. The number of carbonyl (C=O) groups is 1. The molecule has 0 fully saturated rings. The van der Waals surface area contributed by atoms with Gasteiger partial charge in [-0.05, 0) is 24.3 Å². The van der Waals surface area contributed by atoms with E-state index in [-0.39, 0.29) is 12.2 Å². The van der Waals surface area contributed by atoms with Crippen LogP contribution in [0.4, 0.5) is 0 Å². The zero-order valence-electron chi connectivity index (χ0n) is 7.71. The minimum absolute atomic E-state index is 0.000941. The van der Waals surface area contributed by atoms with Crippen LogP contribution in [0, 0.1) is 0 Å². The quantitative estimate of drug-likeness (QED) is 0.636. The summed E-state index contributed by atoms with van der Waals surface area (Å²) in [5, 5.41) is 3.38. The molecule has 1 rings (SSSR count). The maximum atomic E-state index is 11.6. The molecule has 1 aromatic rings. The maximum Gasteiger partial charge on any atom is 0.169 e. The van der Waals surface area contributed by atoms with E-state index < -0.39 is 0 Å². The van der Waals surface area contributed by atoms with Gasteiger partial charge >= 0.3 is 0 Å². The summed E-state index contributed by atoms with van der Waals surface area (Å²) < 4.78 is 0. The average molecular weight is 228 g/mol.